The van der Waals surface area contributed by atoms with Crippen molar-refractivity contribution in [3.8, 4) is 5.75 Å². The van der Waals surface area contributed by atoms with Gasteiger partial charge in [-0.05, 0) is 38.1 Å². The first-order valence-corrected chi connectivity index (χ1v) is 9.22. The van der Waals surface area contributed by atoms with Gasteiger partial charge in [0.2, 0.25) is 0 Å². The minimum Gasteiger partial charge on any atom is -0.485 e. The third kappa shape index (κ3) is 3.49. The van der Waals surface area contributed by atoms with Crippen molar-refractivity contribution in [3.05, 3.63) is 53.1 Å². The number of carboxylic acids is 1. The maximum Gasteiger partial charge on any atom is 0.356 e. The van der Waals surface area contributed by atoms with Crippen LogP contribution in [0.5, 0.6) is 5.75 Å². The predicted octanol–water partition coefficient (Wildman–Crippen LogP) is 2.76. The Morgan fingerprint density at radius 2 is 2.30 bits per heavy atom. The van der Waals surface area contributed by atoms with Gasteiger partial charge in [-0.3, -0.25) is 0 Å². The van der Waals surface area contributed by atoms with E-state index in [0.717, 1.165) is 5.56 Å². The number of carboxylic acid groups (broad SMARTS) is 1. The van der Waals surface area contributed by atoms with Crippen molar-refractivity contribution >= 4 is 17.4 Å². The Hall–Kier alpha value is -3.76. The summed E-state index contributed by atoms with van der Waals surface area (Å²) in [5.74, 6) is 4.58. The molecule has 2 aromatic heterocycles. The average Bonchev–Trinajstić information content (AvgIpc) is 3.26. The van der Waals surface area contributed by atoms with Gasteiger partial charge in [0.25, 0.3) is 0 Å². The van der Waals surface area contributed by atoms with E-state index in [-0.39, 0.29) is 24.1 Å². The number of imidazole rings is 1. The normalized spacial score (nSPS) is 19.0. The lowest BCUT2D eigenvalue weighted by molar-refractivity contribution is 0.0688. The fraction of sp³-hybridized carbons (Fsp3) is 0.316. The van der Waals surface area contributed by atoms with Crippen molar-refractivity contribution in [2.45, 2.75) is 31.9 Å². The summed E-state index contributed by atoms with van der Waals surface area (Å²) in [5, 5.41) is 23.8. The summed E-state index contributed by atoms with van der Waals surface area (Å²) >= 11 is 0. The number of ether oxygens (including phenoxy) is 1. The molecule has 0 radical (unpaired) electrons. The number of fused-ring (bicyclic) bond motifs is 2. The molecule has 156 valence electrons. The number of rotatable bonds is 6. The molecule has 0 spiro atoms. The lowest BCUT2D eigenvalue weighted by atomic mass is 9.97. The number of halogens is 1. The molecule has 10 nitrogen and oxygen atoms in total. The monoisotopic (exact) mass is 413 g/mol. The molecule has 0 bridgehead atoms. The van der Waals surface area contributed by atoms with E-state index in [1.807, 2.05) is 13.8 Å². The fourth-order valence-corrected chi connectivity index (χ4v) is 3.61. The summed E-state index contributed by atoms with van der Waals surface area (Å²) in [6.45, 7) is 3.95. The zero-order valence-corrected chi connectivity index (χ0v) is 16.3. The van der Waals surface area contributed by atoms with Crippen LogP contribution in [0.3, 0.4) is 0 Å². The lowest BCUT2D eigenvalue weighted by Gasteiger charge is -2.23. The topological polar surface area (TPSA) is 139 Å². The summed E-state index contributed by atoms with van der Waals surface area (Å²) in [7, 11) is 0. The number of carbonyl (C=O) groups is 1. The number of nitrogens with zero attached hydrogens (tertiary/aromatic N) is 5. The zero-order valence-electron chi connectivity index (χ0n) is 16.3. The van der Waals surface area contributed by atoms with Crippen LogP contribution in [0.25, 0.3) is 5.65 Å². The molecule has 0 fully saturated rings. The van der Waals surface area contributed by atoms with E-state index in [1.165, 1.54) is 22.8 Å². The van der Waals surface area contributed by atoms with Crippen molar-refractivity contribution < 1.29 is 19.0 Å². The lowest BCUT2D eigenvalue weighted by Crippen LogP contribution is -2.34. The smallest absolute Gasteiger partial charge is 0.356 e. The van der Waals surface area contributed by atoms with E-state index >= 15 is 0 Å². The number of nitrogens with two attached hydrogens (primary N) is 1. The molecule has 0 saturated heterocycles. The van der Waals surface area contributed by atoms with Gasteiger partial charge >= 0.3 is 5.97 Å². The number of hydrogen-bond donors (Lipinski definition) is 3. The van der Waals surface area contributed by atoms with Crippen molar-refractivity contribution in [1.82, 2.24) is 14.6 Å². The molecular formula is C19H20FN7O3. The van der Waals surface area contributed by atoms with Crippen LogP contribution in [-0.4, -0.2) is 37.8 Å². The largest absolute Gasteiger partial charge is 0.485 e. The van der Waals surface area contributed by atoms with Crippen LogP contribution in [-0.2, 0) is 6.42 Å². The van der Waals surface area contributed by atoms with Crippen molar-refractivity contribution in [1.29, 1.82) is 0 Å². The summed E-state index contributed by atoms with van der Waals surface area (Å²) in [4.78, 5) is 15.3. The van der Waals surface area contributed by atoms with E-state index in [1.54, 1.807) is 12.1 Å². The molecule has 0 unspecified atom stereocenters. The highest BCUT2D eigenvalue weighted by Gasteiger charge is 2.37. The molecule has 1 aromatic carbocycles. The van der Waals surface area contributed by atoms with Crippen LogP contribution < -0.4 is 15.9 Å². The highest BCUT2D eigenvalue weighted by Crippen LogP contribution is 2.41. The van der Waals surface area contributed by atoms with Gasteiger partial charge in [-0.25, -0.2) is 18.7 Å². The van der Waals surface area contributed by atoms with Gasteiger partial charge in [-0.2, -0.15) is 5.11 Å². The van der Waals surface area contributed by atoms with E-state index in [0.29, 0.717) is 29.2 Å². The van der Waals surface area contributed by atoms with Gasteiger partial charge in [-0.1, -0.05) is 5.22 Å². The van der Waals surface area contributed by atoms with E-state index in [2.05, 4.69) is 25.7 Å². The molecule has 0 amide bonds. The summed E-state index contributed by atoms with van der Waals surface area (Å²) in [6, 6.07) is 5.80. The van der Waals surface area contributed by atoms with Gasteiger partial charge in [0.05, 0.1) is 12.2 Å². The number of aromatic carboxylic acids is 1. The molecule has 1 aliphatic rings. The Balaban J connectivity index is 1.64. The first kappa shape index (κ1) is 19.6. The van der Waals surface area contributed by atoms with Gasteiger partial charge < -0.3 is 21.0 Å². The Kier molecular flexibility index (Phi) is 4.72. The molecule has 30 heavy (non-hydrogen) atoms. The fourth-order valence-electron chi connectivity index (χ4n) is 3.61. The Bertz CT molecular complexity index is 1160. The summed E-state index contributed by atoms with van der Waals surface area (Å²) in [5.41, 5.74) is 1.04. The molecular weight excluding hydrogens is 393 g/mol. The zero-order chi connectivity index (χ0) is 21.5. The third-order valence-corrected chi connectivity index (χ3v) is 4.97. The number of nitrogens with one attached hydrogen (secondary N) is 1. The van der Waals surface area contributed by atoms with Crippen LogP contribution in [0, 0.1) is 5.82 Å². The Morgan fingerprint density at radius 1 is 1.50 bits per heavy atom. The molecule has 0 aliphatic carbocycles. The average molecular weight is 413 g/mol. The molecule has 1 aliphatic heterocycles. The second kappa shape index (κ2) is 7.25. The number of benzene rings is 1. The summed E-state index contributed by atoms with van der Waals surface area (Å²) in [6.07, 6.45) is 1.71. The summed E-state index contributed by atoms with van der Waals surface area (Å²) < 4.78 is 21.7. The number of hydrogen-bond acceptors (Lipinski definition) is 7. The molecule has 4 rings (SSSR count). The molecule has 3 heterocycles. The van der Waals surface area contributed by atoms with E-state index in [9.17, 15) is 14.3 Å². The maximum absolute atomic E-state index is 14.3. The standard InChI is InChI=1S/C19H20FN7O3/c1-10(24-15-3-4-16-22-8-14(18(28)29)27(16)25-15)13-6-12(20)5-11-7-19(2,9-23-26-21)30-17(11)13/h3-6,8,10H,7,9H2,1-2H3,(H2,21,23)(H,24,25)(H,28,29)/t10-,19-/m1/s1. The molecule has 0 saturated carbocycles. The van der Waals surface area contributed by atoms with Crippen LogP contribution >= 0.6 is 0 Å². The van der Waals surface area contributed by atoms with Gasteiger partial charge in [0.15, 0.2) is 11.3 Å². The maximum atomic E-state index is 14.3. The Labute approximate surface area is 170 Å². The Morgan fingerprint density at radius 3 is 3.03 bits per heavy atom. The SMILES string of the molecule is C[C@@H](Nc1ccc2ncc(C(=O)O)n2n1)c1cc(F)cc2c1O[C@@](C)(CN=NN)C2. The van der Waals surface area contributed by atoms with E-state index in [4.69, 9.17) is 10.6 Å². The highest BCUT2D eigenvalue weighted by atomic mass is 19.1. The van der Waals surface area contributed by atoms with E-state index < -0.39 is 11.6 Å². The second-order valence-corrected chi connectivity index (χ2v) is 7.43. The van der Waals surface area contributed by atoms with Crippen molar-refractivity contribution in [3.63, 3.8) is 0 Å². The first-order valence-electron chi connectivity index (χ1n) is 9.22. The van der Waals surface area contributed by atoms with Crippen molar-refractivity contribution in [2.24, 2.45) is 16.2 Å². The minimum absolute atomic E-state index is 0.0545. The molecule has 3 aromatic rings. The van der Waals surface area contributed by atoms with Gasteiger partial charge in [0.1, 0.15) is 29.5 Å². The van der Waals surface area contributed by atoms with Crippen LogP contribution in [0.1, 0.15) is 41.5 Å². The molecule has 4 N–H and O–H groups in total. The molecule has 11 heteroatoms. The quantitative estimate of drug-likeness (QED) is 0.321. The molecule has 2 atom stereocenters. The van der Waals surface area contributed by atoms with Gasteiger partial charge in [0, 0.05) is 17.5 Å². The first-order chi connectivity index (χ1) is 14.3. The van der Waals surface area contributed by atoms with Gasteiger partial charge in [-0.15, -0.1) is 5.10 Å². The number of aromatic nitrogens is 3. The van der Waals surface area contributed by atoms with Crippen molar-refractivity contribution in [2.75, 3.05) is 11.9 Å². The number of anilines is 1. The predicted molar refractivity (Wildman–Crippen MR) is 105 cm³/mol. The van der Waals surface area contributed by atoms with Crippen LogP contribution in [0.2, 0.25) is 0 Å². The highest BCUT2D eigenvalue weighted by molar-refractivity contribution is 5.86. The van der Waals surface area contributed by atoms with Crippen LogP contribution in [0.15, 0.2) is 40.8 Å². The second-order valence-electron chi connectivity index (χ2n) is 7.43. The van der Waals surface area contributed by atoms with Crippen LogP contribution in [0.4, 0.5) is 10.2 Å². The minimum atomic E-state index is -1.13. The third-order valence-electron chi connectivity index (χ3n) is 4.97.